The van der Waals surface area contributed by atoms with Crippen LogP contribution in [0.25, 0.3) is 11.0 Å². The number of thioether (sulfide) groups is 1. The van der Waals surface area contributed by atoms with E-state index in [1.165, 1.54) is 18.0 Å². The van der Waals surface area contributed by atoms with Gasteiger partial charge in [0.2, 0.25) is 5.78 Å². The van der Waals surface area contributed by atoms with Crippen molar-refractivity contribution in [1.82, 2.24) is 9.97 Å². The highest BCUT2D eigenvalue weighted by Gasteiger charge is 2.11. The van der Waals surface area contributed by atoms with Crippen LogP contribution in [0, 0.1) is 0 Å². The number of hydrogen-bond acceptors (Lipinski definition) is 5. The Labute approximate surface area is 125 Å². The van der Waals surface area contributed by atoms with Gasteiger partial charge in [-0.15, -0.1) is 0 Å². The van der Waals surface area contributed by atoms with E-state index in [1.807, 2.05) is 25.1 Å². The lowest BCUT2D eigenvalue weighted by atomic mass is 10.3. The van der Waals surface area contributed by atoms with Gasteiger partial charge in [-0.3, -0.25) is 4.79 Å². The van der Waals surface area contributed by atoms with E-state index in [9.17, 15) is 4.79 Å². The molecule has 0 aliphatic carbocycles. The van der Waals surface area contributed by atoms with E-state index in [4.69, 9.17) is 9.15 Å². The summed E-state index contributed by atoms with van der Waals surface area (Å²) in [5, 5.41) is 0.707. The number of nitrogens with zero attached hydrogens (tertiary/aromatic N) is 1. The highest BCUT2D eigenvalue weighted by atomic mass is 32.2. The Morgan fingerprint density at radius 3 is 3.10 bits per heavy atom. The van der Waals surface area contributed by atoms with Crippen LogP contribution in [0.3, 0.4) is 0 Å². The molecular formula is C15H14N2O3S. The molecule has 0 amide bonds. The topological polar surface area (TPSA) is 68.1 Å². The van der Waals surface area contributed by atoms with Crippen LogP contribution in [0.1, 0.15) is 17.5 Å². The summed E-state index contributed by atoms with van der Waals surface area (Å²) in [6, 6.07) is 9.05. The summed E-state index contributed by atoms with van der Waals surface area (Å²) in [6.07, 6.45) is 1.49. The molecule has 0 aliphatic heterocycles. The lowest BCUT2D eigenvalue weighted by Crippen LogP contribution is -2.00. The van der Waals surface area contributed by atoms with E-state index in [0.29, 0.717) is 17.5 Å². The van der Waals surface area contributed by atoms with Crippen LogP contribution in [0.2, 0.25) is 0 Å². The summed E-state index contributed by atoms with van der Waals surface area (Å²) in [5.74, 6) is 1.40. The minimum atomic E-state index is -0.0551. The van der Waals surface area contributed by atoms with Gasteiger partial charge >= 0.3 is 0 Å². The molecule has 2 aromatic heterocycles. The molecule has 21 heavy (non-hydrogen) atoms. The summed E-state index contributed by atoms with van der Waals surface area (Å²) < 4.78 is 10.5. The third kappa shape index (κ3) is 3.11. The van der Waals surface area contributed by atoms with E-state index >= 15 is 0 Å². The largest absolute Gasteiger partial charge is 0.494 e. The van der Waals surface area contributed by atoms with Crippen molar-refractivity contribution in [3.05, 3.63) is 42.4 Å². The maximum atomic E-state index is 11.9. The molecule has 0 saturated heterocycles. The van der Waals surface area contributed by atoms with Crippen molar-refractivity contribution in [2.75, 3.05) is 12.4 Å². The molecule has 0 fully saturated rings. The van der Waals surface area contributed by atoms with Crippen molar-refractivity contribution in [2.45, 2.75) is 12.1 Å². The Morgan fingerprint density at radius 2 is 2.33 bits per heavy atom. The molecule has 0 saturated carbocycles. The molecule has 0 bridgehead atoms. The quantitative estimate of drug-likeness (QED) is 0.557. The number of fused-ring (bicyclic) bond motifs is 1. The zero-order valence-corrected chi connectivity index (χ0v) is 12.3. The fourth-order valence-electron chi connectivity index (χ4n) is 1.93. The van der Waals surface area contributed by atoms with Crippen LogP contribution in [-0.4, -0.2) is 28.1 Å². The Bertz CT molecular complexity index is 749. The van der Waals surface area contributed by atoms with Gasteiger partial charge in [-0.25, -0.2) is 4.98 Å². The van der Waals surface area contributed by atoms with Crippen molar-refractivity contribution in [1.29, 1.82) is 0 Å². The first-order valence-corrected chi connectivity index (χ1v) is 7.57. The summed E-state index contributed by atoms with van der Waals surface area (Å²) in [4.78, 5) is 19.5. The maximum Gasteiger partial charge on any atom is 0.208 e. The third-order valence-corrected chi connectivity index (χ3v) is 3.75. The molecule has 1 N–H and O–H groups in total. The fraction of sp³-hybridized carbons (Fsp3) is 0.200. The fourth-order valence-corrected chi connectivity index (χ4v) is 2.69. The highest BCUT2D eigenvalue weighted by molar-refractivity contribution is 7.99. The minimum Gasteiger partial charge on any atom is -0.494 e. The lowest BCUT2D eigenvalue weighted by Gasteiger charge is -2.00. The van der Waals surface area contributed by atoms with Crippen LogP contribution >= 0.6 is 11.8 Å². The van der Waals surface area contributed by atoms with Gasteiger partial charge in [0, 0.05) is 6.07 Å². The number of aromatic amines is 1. The number of aromatic nitrogens is 2. The van der Waals surface area contributed by atoms with Gasteiger partial charge in [0.05, 0.1) is 29.7 Å². The smallest absolute Gasteiger partial charge is 0.208 e. The molecule has 6 heteroatoms. The van der Waals surface area contributed by atoms with Gasteiger partial charge in [0.25, 0.3) is 0 Å². The standard InChI is InChI=1S/C15H14N2O3S/c1-2-19-10-5-6-11-12(8-10)17-15(16-11)21-9-13(18)14-4-3-7-20-14/h3-8H,2,9H2,1H3,(H,16,17). The van der Waals surface area contributed by atoms with Gasteiger partial charge in [0.15, 0.2) is 10.9 Å². The van der Waals surface area contributed by atoms with Crippen molar-refractivity contribution < 1.29 is 13.9 Å². The average molecular weight is 302 g/mol. The van der Waals surface area contributed by atoms with Crippen LogP contribution < -0.4 is 4.74 Å². The SMILES string of the molecule is CCOc1ccc2nc(SCC(=O)c3ccco3)[nH]c2c1. The van der Waals surface area contributed by atoms with E-state index in [0.717, 1.165) is 16.8 Å². The number of hydrogen-bond donors (Lipinski definition) is 1. The van der Waals surface area contributed by atoms with E-state index in [1.54, 1.807) is 12.1 Å². The number of ether oxygens (including phenoxy) is 1. The predicted molar refractivity (Wildman–Crippen MR) is 81.0 cm³/mol. The van der Waals surface area contributed by atoms with Crippen LogP contribution in [0.5, 0.6) is 5.75 Å². The highest BCUT2D eigenvalue weighted by Crippen LogP contribution is 2.23. The van der Waals surface area contributed by atoms with E-state index < -0.39 is 0 Å². The van der Waals surface area contributed by atoms with Gasteiger partial charge in [-0.2, -0.15) is 0 Å². The van der Waals surface area contributed by atoms with E-state index in [-0.39, 0.29) is 11.5 Å². The summed E-state index contributed by atoms with van der Waals surface area (Å²) in [6.45, 7) is 2.57. The van der Waals surface area contributed by atoms with E-state index in [2.05, 4.69) is 9.97 Å². The second-order valence-corrected chi connectivity index (χ2v) is 5.31. The lowest BCUT2D eigenvalue weighted by molar-refractivity contribution is 0.0992. The van der Waals surface area contributed by atoms with Gasteiger partial charge in [-0.1, -0.05) is 11.8 Å². The minimum absolute atomic E-state index is 0.0551. The molecule has 1 aromatic carbocycles. The summed E-state index contributed by atoms with van der Waals surface area (Å²) in [7, 11) is 0. The molecular weight excluding hydrogens is 288 g/mol. The number of H-pyrrole nitrogens is 1. The van der Waals surface area contributed by atoms with Crippen LogP contribution in [0.15, 0.2) is 46.2 Å². The number of Topliss-reactive ketones (excluding diaryl/α,β-unsaturated/α-hetero) is 1. The molecule has 3 aromatic rings. The predicted octanol–water partition coefficient (Wildman–Crippen LogP) is 3.53. The molecule has 5 nitrogen and oxygen atoms in total. The number of imidazole rings is 1. The molecule has 0 unspecified atom stereocenters. The van der Waals surface area contributed by atoms with Crippen molar-refractivity contribution >= 4 is 28.6 Å². The number of rotatable bonds is 6. The van der Waals surface area contributed by atoms with Crippen molar-refractivity contribution in [3.8, 4) is 5.75 Å². The Morgan fingerprint density at radius 1 is 1.43 bits per heavy atom. The van der Waals surface area contributed by atoms with Crippen LogP contribution in [0.4, 0.5) is 0 Å². The normalized spacial score (nSPS) is 10.9. The monoisotopic (exact) mass is 302 g/mol. The second kappa shape index (κ2) is 6.05. The number of nitrogens with one attached hydrogen (secondary N) is 1. The zero-order valence-electron chi connectivity index (χ0n) is 11.5. The Kier molecular flexibility index (Phi) is 3.96. The number of furan rings is 1. The molecule has 0 aliphatic rings. The molecule has 0 atom stereocenters. The number of carbonyl (C=O) groups excluding carboxylic acids is 1. The summed E-state index contributed by atoms with van der Waals surface area (Å²) in [5.41, 5.74) is 1.75. The van der Waals surface area contributed by atoms with Gasteiger partial charge < -0.3 is 14.1 Å². The molecule has 3 rings (SSSR count). The first-order valence-electron chi connectivity index (χ1n) is 6.58. The molecule has 108 valence electrons. The molecule has 2 heterocycles. The van der Waals surface area contributed by atoms with Gasteiger partial charge in [0.1, 0.15) is 5.75 Å². The first kappa shape index (κ1) is 13.8. The molecule has 0 radical (unpaired) electrons. The Hall–Kier alpha value is -2.21. The van der Waals surface area contributed by atoms with Crippen LogP contribution in [-0.2, 0) is 0 Å². The summed E-state index contributed by atoms with van der Waals surface area (Å²) >= 11 is 1.35. The molecule has 0 spiro atoms. The first-order chi connectivity index (χ1) is 10.3. The van der Waals surface area contributed by atoms with Crippen molar-refractivity contribution in [2.24, 2.45) is 0 Å². The third-order valence-electron chi connectivity index (χ3n) is 2.88. The zero-order chi connectivity index (χ0) is 14.7. The Balaban J connectivity index is 1.71. The van der Waals surface area contributed by atoms with Gasteiger partial charge in [-0.05, 0) is 31.2 Å². The van der Waals surface area contributed by atoms with Crippen molar-refractivity contribution in [3.63, 3.8) is 0 Å². The maximum absolute atomic E-state index is 11.9. The second-order valence-electron chi connectivity index (χ2n) is 4.34. The number of carbonyl (C=O) groups is 1. The number of ketones is 1. The average Bonchev–Trinajstić information content (AvgIpc) is 3.13. The number of benzene rings is 1.